The molecule has 1 fully saturated rings. The first-order chi connectivity index (χ1) is 6.74. The van der Waals surface area contributed by atoms with Crippen molar-refractivity contribution in [3.05, 3.63) is 18.0 Å². The van der Waals surface area contributed by atoms with Gasteiger partial charge in [0.05, 0.1) is 12.3 Å². The summed E-state index contributed by atoms with van der Waals surface area (Å²) in [5.74, 6) is 0.818. The van der Waals surface area contributed by atoms with Crippen LogP contribution in [0.1, 0.15) is 31.2 Å². The van der Waals surface area contributed by atoms with E-state index in [1.807, 2.05) is 24.1 Å². The van der Waals surface area contributed by atoms with E-state index in [0.29, 0.717) is 0 Å². The molecule has 1 atom stereocenters. The van der Waals surface area contributed by atoms with Gasteiger partial charge in [-0.2, -0.15) is 5.10 Å². The van der Waals surface area contributed by atoms with Crippen LogP contribution in [-0.4, -0.2) is 21.0 Å². The number of aliphatic hydroxyl groups is 1. The molecule has 1 aromatic rings. The molecular formula is C11H18N2O. The minimum atomic E-state index is -0.109. The molecule has 1 aromatic heterocycles. The standard InChI is InChI=1S/C11H18N2O/c1-13-8-10(7-12-13)4-5-11(14)6-9-2-3-9/h7-9,11,14H,2-6H2,1H3. The smallest absolute Gasteiger partial charge is 0.0546 e. The summed E-state index contributed by atoms with van der Waals surface area (Å²) in [4.78, 5) is 0. The minimum Gasteiger partial charge on any atom is -0.393 e. The summed E-state index contributed by atoms with van der Waals surface area (Å²) in [5, 5.41) is 13.8. The molecule has 0 radical (unpaired) electrons. The maximum Gasteiger partial charge on any atom is 0.0546 e. The van der Waals surface area contributed by atoms with Crippen molar-refractivity contribution in [3.8, 4) is 0 Å². The fourth-order valence-electron chi connectivity index (χ4n) is 1.79. The van der Waals surface area contributed by atoms with Gasteiger partial charge in [0.25, 0.3) is 0 Å². The van der Waals surface area contributed by atoms with E-state index in [1.54, 1.807) is 0 Å². The van der Waals surface area contributed by atoms with Crippen molar-refractivity contribution in [1.82, 2.24) is 9.78 Å². The molecule has 1 heterocycles. The molecule has 14 heavy (non-hydrogen) atoms. The Bertz CT molecular complexity index is 291. The summed E-state index contributed by atoms with van der Waals surface area (Å²) in [6.45, 7) is 0. The van der Waals surface area contributed by atoms with Crippen LogP contribution in [0.25, 0.3) is 0 Å². The molecule has 0 bridgehead atoms. The highest BCUT2D eigenvalue weighted by Gasteiger charge is 2.24. The van der Waals surface area contributed by atoms with Gasteiger partial charge in [0.1, 0.15) is 0 Å². The molecule has 1 unspecified atom stereocenters. The van der Waals surface area contributed by atoms with Crippen LogP contribution in [0.4, 0.5) is 0 Å². The minimum absolute atomic E-state index is 0.109. The van der Waals surface area contributed by atoms with Crippen molar-refractivity contribution in [2.24, 2.45) is 13.0 Å². The Morgan fingerprint density at radius 3 is 3.00 bits per heavy atom. The van der Waals surface area contributed by atoms with Crippen molar-refractivity contribution in [2.75, 3.05) is 0 Å². The van der Waals surface area contributed by atoms with Crippen LogP contribution in [0.15, 0.2) is 12.4 Å². The van der Waals surface area contributed by atoms with Gasteiger partial charge in [-0.15, -0.1) is 0 Å². The van der Waals surface area contributed by atoms with Crippen LogP contribution >= 0.6 is 0 Å². The number of aromatic nitrogens is 2. The quantitative estimate of drug-likeness (QED) is 0.771. The number of rotatable bonds is 5. The van der Waals surface area contributed by atoms with Crippen molar-refractivity contribution < 1.29 is 5.11 Å². The second-order valence-electron chi connectivity index (χ2n) is 4.39. The second kappa shape index (κ2) is 4.13. The molecule has 0 saturated heterocycles. The lowest BCUT2D eigenvalue weighted by molar-refractivity contribution is 0.148. The average Bonchev–Trinajstić information content (AvgIpc) is 2.85. The van der Waals surface area contributed by atoms with E-state index in [9.17, 15) is 5.11 Å². The first-order valence-electron chi connectivity index (χ1n) is 5.39. The summed E-state index contributed by atoms with van der Waals surface area (Å²) >= 11 is 0. The zero-order chi connectivity index (χ0) is 9.97. The number of nitrogens with zero attached hydrogens (tertiary/aromatic N) is 2. The molecule has 0 spiro atoms. The van der Waals surface area contributed by atoms with Gasteiger partial charge >= 0.3 is 0 Å². The maximum atomic E-state index is 9.70. The van der Waals surface area contributed by atoms with E-state index < -0.39 is 0 Å². The van der Waals surface area contributed by atoms with Crippen molar-refractivity contribution in [2.45, 2.75) is 38.2 Å². The number of hydrogen-bond donors (Lipinski definition) is 1. The fourth-order valence-corrected chi connectivity index (χ4v) is 1.79. The van der Waals surface area contributed by atoms with Crippen LogP contribution < -0.4 is 0 Å². The summed E-state index contributed by atoms with van der Waals surface area (Å²) in [5.41, 5.74) is 1.22. The summed E-state index contributed by atoms with van der Waals surface area (Å²) in [6.07, 6.45) is 9.26. The van der Waals surface area contributed by atoms with Crippen LogP contribution in [0.5, 0.6) is 0 Å². The van der Waals surface area contributed by atoms with Crippen LogP contribution in [0.3, 0.4) is 0 Å². The second-order valence-corrected chi connectivity index (χ2v) is 4.39. The molecule has 0 aliphatic heterocycles. The van der Waals surface area contributed by atoms with Gasteiger partial charge < -0.3 is 5.11 Å². The van der Waals surface area contributed by atoms with Crippen LogP contribution in [0.2, 0.25) is 0 Å². The third kappa shape index (κ3) is 2.84. The molecule has 1 saturated carbocycles. The third-order valence-corrected chi connectivity index (χ3v) is 2.83. The molecule has 1 aliphatic rings. The van der Waals surface area contributed by atoms with Crippen molar-refractivity contribution in [1.29, 1.82) is 0 Å². The van der Waals surface area contributed by atoms with Gasteiger partial charge in [-0.3, -0.25) is 4.68 Å². The Balaban J connectivity index is 1.70. The monoisotopic (exact) mass is 194 g/mol. The zero-order valence-electron chi connectivity index (χ0n) is 8.69. The number of hydrogen-bond acceptors (Lipinski definition) is 2. The van der Waals surface area contributed by atoms with Gasteiger partial charge in [-0.25, -0.2) is 0 Å². The van der Waals surface area contributed by atoms with Crippen molar-refractivity contribution in [3.63, 3.8) is 0 Å². The highest BCUT2D eigenvalue weighted by Crippen LogP contribution is 2.34. The first kappa shape index (κ1) is 9.71. The highest BCUT2D eigenvalue weighted by molar-refractivity contribution is 5.03. The van der Waals surface area contributed by atoms with Gasteiger partial charge in [-0.1, -0.05) is 12.8 Å². The lowest BCUT2D eigenvalue weighted by Gasteiger charge is -2.07. The third-order valence-electron chi connectivity index (χ3n) is 2.83. The predicted molar refractivity (Wildman–Crippen MR) is 54.9 cm³/mol. The molecule has 3 nitrogen and oxygen atoms in total. The summed E-state index contributed by atoms with van der Waals surface area (Å²) in [6, 6.07) is 0. The number of aliphatic hydroxyl groups excluding tert-OH is 1. The topological polar surface area (TPSA) is 38.0 Å². The lowest BCUT2D eigenvalue weighted by atomic mass is 10.1. The maximum absolute atomic E-state index is 9.70. The predicted octanol–water partition coefficient (Wildman–Crippen LogP) is 1.51. The Kier molecular flexibility index (Phi) is 2.87. The zero-order valence-corrected chi connectivity index (χ0v) is 8.69. The van der Waals surface area contributed by atoms with Gasteiger partial charge in [0.15, 0.2) is 0 Å². The van der Waals surface area contributed by atoms with E-state index in [-0.39, 0.29) is 6.10 Å². The van der Waals surface area contributed by atoms with E-state index in [0.717, 1.165) is 25.2 Å². The van der Waals surface area contributed by atoms with Crippen LogP contribution in [0, 0.1) is 5.92 Å². The van der Waals surface area contributed by atoms with E-state index in [1.165, 1.54) is 18.4 Å². The fraction of sp³-hybridized carbons (Fsp3) is 0.727. The van der Waals surface area contributed by atoms with E-state index in [4.69, 9.17) is 0 Å². The normalized spacial score (nSPS) is 18.4. The molecular weight excluding hydrogens is 176 g/mol. The Hall–Kier alpha value is -0.830. The van der Waals surface area contributed by atoms with Gasteiger partial charge in [0.2, 0.25) is 0 Å². The van der Waals surface area contributed by atoms with Gasteiger partial charge in [-0.05, 0) is 30.7 Å². The average molecular weight is 194 g/mol. The highest BCUT2D eigenvalue weighted by atomic mass is 16.3. The molecule has 0 aromatic carbocycles. The Morgan fingerprint density at radius 2 is 2.43 bits per heavy atom. The Morgan fingerprint density at radius 1 is 1.64 bits per heavy atom. The van der Waals surface area contributed by atoms with E-state index >= 15 is 0 Å². The first-order valence-corrected chi connectivity index (χ1v) is 5.39. The van der Waals surface area contributed by atoms with Crippen molar-refractivity contribution >= 4 is 0 Å². The Labute approximate surface area is 84.7 Å². The molecule has 78 valence electrons. The number of aryl methyl sites for hydroxylation is 2. The SMILES string of the molecule is Cn1cc(CCC(O)CC2CC2)cn1. The van der Waals surface area contributed by atoms with E-state index in [2.05, 4.69) is 5.10 Å². The molecule has 0 amide bonds. The largest absolute Gasteiger partial charge is 0.393 e. The molecule has 1 N–H and O–H groups in total. The van der Waals surface area contributed by atoms with Crippen LogP contribution in [-0.2, 0) is 13.5 Å². The lowest BCUT2D eigenvalue weighted by Crippen LogP contribution is -2.08. The van der Waals surface area contributed by atoms with Gasteiger partial charge in [0, 0.05) is 13.2 Å². The summed E-state index contributed by atoms with van der Waals surface area (Å²) < 4.78 is 1.81. The molecule has 2 rings (SSSR count). The summed E-state index contributed by atoms with van der Waals surface area (Å²) in [7, 11) is 1.92. The molecule has 3 heteroatoms. The molecule has 1 aliphatic carbocycles.